The predicted octanol–water partition coefficient (Wildman–Crippen LogP) is 4.22. The molecule has 0 aliphatic carbocycles. The van der Waals surface area contributed by atoms with Gasteiger partial charge in [0.1, 0.15) is 12.3 Å². The molecule has 0 spiro atoms. The first-order valence-corrected chi connectivity index (χ1v) is 7.68. The van der Waals surface area contributed by atoms with Crippen LogP contribution in [-0.2, 0) is 11.3 Å². The van der Waals surface area contributed by atoms with Crippen molar-refractivity contribution in [2.75, 3.05) is 0 Å². The molecule has 0 fully saturated rings. The van der Waals surface area contributed by atoms with Crippen molar-refractivity contribution in [2.24, 2.45) is 0 Å². The maximum absolute atomic E-state index is 12.2. The highest BCUT2D eigenvalue weighted by Crippen LogP contribution is 2.24. The summed E-state index contributed by atoms with van der Waals surface area (Å²) < 4.78 is 9.18. The van der Waals surface area contributed by atoms with Crippen LogP contribution in [0.5, 0.6) is 0 Å². The lowest BCUT2D eigenvalue weighted by Crippen LogP contribution is -2.04. The van der Waals surface area contributed by atoms with Crippen LogP contribution in [0, 0.1) is 0 Å². The number of rotatable bonds is 4. The Hall–Kier alpha value is -2.24. The molecule has 0 saturated carbocycles. The Labute approximate surface area is 136 Å². The third kappa shape index (κ3) is 3.32. The molecule has 6 heteroatoms. The third-order valence-electron chi connectivity index (χ3n) is 3.00. The largest absolute Gasteiger partial charge is 0.457 e. The number of carbonyl (C=O) groups excluding carboxylic acids is 1. The van der Waals surface area contributed by atoms with Gasteiger partial charge >= 0.3 is 5.97 Å². The van der Waals surface area contributed by atoms with Crippen molar-refractivity contribution in [3.05, 3.63) is 70.1 Å². The first kappa shape index (κ1) is 14.7. The highest BCUT2D eigenvalue weighted by Gasteiger charge is 2.19. The zero-order valence-corrected chi connectivity index (χ0v) is 13.0. The quantitative estimate of drug-likeness (QED) is 0.672. The first-order valence-electron chi connectivity index (χ1n) is 6.53. The second kappa shape index (κ2) is 6.68. The summed E-state index contributed by atoms with van der Waals surface area (Å²) in [7, 11) is 0. The molecule has 0 bridgehead atoms. The monoisotopic (exact) mass is 330 g/mol. The molecule has 1 heterocycles. The lowest BCUT2D eigenvalue weighted by molar-refractivity contribution is 0.0479. The summed E-state index contributed by atoms with van der Waals surface area (Å²) >= 11 is 6.85. The lowest BCUT2D eigenvalue weighted by atomic mass is 10.1. The molecule has 4 nitrogen and oxygen atoms in total. The van der Waals surface area contributed by atoms with E-state index < -0.39 is 5.97 Å². The van der Waals surface area contributed by atoms with E-state index in [2.05, 4.69) is 9.59 Å². The summed E-state index contributed by atoms with van der Waals surface area (Å²) in [5.41, 5.74) is 2.26. The number of carbonyl (C=O) groups is 1. The maximum atomic E-state index is 12.2. The molecule has 0 radical (unpaired) electrons. The van der Waals surface area contributed by atoms with Gasteiger partial charge in [0.25, 0.3) is 0 Å². The number of aromatic nitrogens is 2. The van der Waals surface area contributed by atoms with E-state index in [1.807, 2.05) is 42.5 Å². The zero-order chi connectivity index (χ0) is 15.4. The molecule has 0 saturated heterocycles. The van der Waals surface area contributed by atoms with E-state index in [4.69, 9.17) is 16.3 Å². The van der Waals surface area contributed by atoms with Gasteiger partial charge in [-0.2, -0.15) is 0 Å². The molecule has 22 heavy (non-hydrogen) atoms. The van der Waals surface area contributed by atoms with E-state index in [-0.39, 0.29) is 6.61 Å². The highest BCUT2D eigenvalue weighted by molar-refractivity contribution is 7.08. The minimum absolute atomic E-state index is 0.183. The van der Waals surface area contributed by atoms with E-state index in [0.717, 1.165) is 22.7 Å². The summed E-state index contributed by atoms with van der Waals surface area (Å²) in [5, 5.41) is 4.67. The SMILES string of the molecule is O=C(OCc1ccc(Cl)cc1)c1snnc1-c1ccccc1. The van der Waals surface area contributed by atoms with Crippen molar-refractivity contribution in [3.8, 4) is 11.3 Å². The Balaban J connectivity index is 1.73. The Kier molecular flexibility index (Phi) is 4.46. The average Bonchev–Trinajstić information content (AvgIpc) is 3.04. The van der Waals surface area contributed by atoms with E-state index >= 15 is 0 Å². The Morgan fingerprint density at radius 3 is 2.55 bits per heavy atom. The molecule has 0 atom stereocenters. The van der Waals surface area contributed by atoms with Gasteiger partial charge in [-0.05, 0) is 29.2 Å². The molecule has 3 rings (SSSR count). The molecule has 0 N–H and O–H groups in total. The summed E-state index contributed by atoms with van der Waals surface area (Å²) in [6, 6.07) is 16.6. The summed E-state index contributed by atoms with van der Waals surface area (Å²) in [6.45, 7) is 0.183. The minimum Gasteiger partial charge on any atom is -0.457 e. The number of halogens is 1. The minimum atomic E-state index is -0.427. The fourth-order valence-electron chi connectivity index (χ4n) is 1.90. The zero-order valence-electron chi connectivity index (χ0n) is 11.4. The van der Waals surface area contributed by atoms with Crippen molar-refractivity contribution in [2.45, 2.75) is 6.61 Å². The van der Waals surface area contributed by atoms with Crippen LogP contribution in [0.2, 0.25) is 5.02 Å². The molecule has 0 unspecified atom stereocenters. The fourth-order valence-corrected chi connectivity index (χ4v) is 2.61. The Bertz CT molecular complexity index is 772. The normalized spacial score (nSPS) is 10.4. The van der Waals surface area contributed by atoms with E-state index in [1.54, 1.807) is 12.1 Å². The van der Waals surface area contributed by atoms with Crippen LogP contribution >= 0.6 is 23.1 Å². The van der Waals surface area contributed by atoms with Gasteiger partial charge in [-0.3, -0.25) is 0 Å². The molecule has 0 amide bonds. The molecule has 110 valence electrons. The second-order valence-corrected chi connectivity index (χ2v) is 5.71. The topological polar surface area (TPSA) is 52.1 Å². The van der Waals surface area contributed by atoms with Gasteiger partial charge in [-0.25, -0.2) is 4.79 Å². The van der Waals surface area contributed by atoms with Crippen LogP contribution in [0.25, 0.3) is 11.3 Å². The lowest BCUT2D eigenvalue weighted by Gasteiger charge is -2.04. The van der Waals surface area contributed by atoms with Crippen molar-refractivity contribution >= 4 is 29.1 Å². The molecule has 0 aliphatic rings. The smallest absolute Gasteiger partial charge is 0.352 e. The van der Waals surface area contributed by atoms with E-state index in [1.165, 1.54) is 0 Å². The molecule has 2 aromatic carbocycles. The standard InChI is InChI=1S/C16H11ClN2O2S/c17-13-8-6-11(7-9-13)10-21-16(20)15-14(18-19-22-15)12-4-2-1-3-5-12/h1-9H,10H2. The number of esters is 1. The van der Waals surface area contributed by atoms with Gasteiger partial charge in [0.05, 0.1) is 0 Å². The van der Waals surface area contributed by atoms with E-state index in [0.29, 0.717) is 15.6 Å². The van der Waals surface area contributed by atoms with Crippen LogP contribution in [0.1, 0.15) is 15.2 Å². The molecular weight excluding hydrogens is 320 g/mol. The fraction of sp³-hybridized carbons (Fsp3) is 0.0625. The first-order chi connectivity index (χ1) is 10.7. The Morgan fingerprint density at radius 2 is 1.82 bits per heavy atom. The number of ether oxygens (including phenoxy) is 1. The van der Waals surface area contributed by atoms with Gasteiger partial charge in [0, 0.05) is 10.6 Å². The molecule has 3 aromatic rings. The Morgan fingerprint density at radius 1 is 1.09 bits per heavy atom. The van der Waals surface area contributed by atoms with Crippen LogP contribution in [0.4, 0.5) is 0 Å². The van der Waals surface area contributed by atoms with Crippen LogP contribution in [-0.4, -0.2) is 15.6 Å². The van der Waals surface area contributed by atoms with E-state index in [9.17, 15) is 4.79 Å². The van der Waals surface area contributed by atoms with Crippen molar-refractivity contribution in [1.82, 2.24) is 9.59 Å². The number of benzene rings is 2. The second-order valence-electron chi connectivity index (χ2n) is 4.52. The average molecular weight is 331 g/mol. The van der Waals surface area contributed by atoms with Gasteiger partial charge in [0.2, 0.25) is 0 Å². The van der Waals surface area contributed by atoms with Crippen LogP contribution in [0.3, 0.4) is 0 Å². The molecular formula is C16H11ClN2O2S. The van der Waals surface area contributed by atoms with Gasteiger partial charge in [-0.1, -0.05) is 58.6 Å². The summed E-state index contributed by atoms with van der Waals surface area (Å²) in [5.74, 6) is -0.427. The maximum Gasteiger partial charge on any atom is 0.352 e. The van der Waals surface area contributed by atoms with Crippen LogP contribution < -0.4 is 0 Å². The van der Waals surface area contributed by atoms with Crippen molar-refractivity contribution in [1.29, 1.82) is 0 Å². The molecule has 1 aromatic heterocycles. The van der Waals surface area contributed by atoms with Crippen molar-refractivity contribution < 1.29 is 9.53 Å². The third-order valence-corrected chi connectivity index (χ3v) is 3.96. The summed E-state index contributed by atoms with van der Waals surface area (Å²) in [4.78, 5) is 12.6. The molecule has 0 aliphatic heterocycles. The van der Waals surface area contributed by atoms with Crippen molar-refractivity contribution in [3.63, 3.8) is 0 Å². The number of hydrogen-bond acceptors (Lipinski definition) is 5. The van der Waals surface area contributed by atoms with Gasteiger partial charge in [-0.15, -0.1) is 5.10 Å². The summed E-state index contributed by atoms with van der Waals surface area (Å²) in [6.07, 6.45) is 0. The van der Waals surface area contributed by atoms with Crippen LogP contribution in [0.15, 0.2) is 54.6 Å². The van der Waals surface area contributed by atoms with Gasteiger partial charge < -0.3 is 4.74 Å². The van der Waals surface area contributed by atoms with Gasteiger partial charge in [0.15, 0.2) is 4.88 Å². The number of nitrogens with zero attached hydrogens (tertiary/aromatic N) is 2. The predicted molar refractivity (Wildman–Crippen MR) is 85.9 cm³/mol. The number of hydrogen-bond donors (Lipinski definition) is 0. The highest BCUT2D eigenvalue weighted by atomic mass is 35.5.